The van der Waals surface area contributed by atoms with Gasteiger partial charge in [0.1, 0.15) is 10.6 Å². The van der Waals surface area contributed by atoms with E-state index in [0.717, 1.165) is 16.9 Å². The van der Waals surface area contributed by atoms with Gasteiger partial charge >= 0.3 is 0 Å². The van der Waals surface area contributed by atoms with Gasteiger partial charge < -0.3 is 4.74 Å². The Kier molecular flexibility index (Phi) is 6.15. The number of thioether (sulfide) groups is 1. The topological polar surface area (TPSA) is 81.5 Å². The molecule has 0 unspecified atom stereocenters. The number of carbonyl (C=O) groups is 2. The Balaban J connectivity index is 1.81. The molecule has 7 nitrogen and oxygen atoms in total. The molecule has 0 saturated carbocycles. The van der Waals surface area contributed by atoms with Crippen molar-refractivity contribution in [3.63, 3.8) is 0 Å². The summed E-state index contributed by atoms with van der Waals surface area (Å²) in [7, 11) is 1.57. The number of nitrogens with zero attached hydrogens (tertiary/aromatic N) is 3. The second-order valence-corrected chi connectivity index (χ2v) is 9.28. The number of likely N-dealkylation sites (tertiary alicyclic amines) is 1. The first-order valence-electron chi connectivity index (χ1n) is 10.1. The van der Waals surface area contributed by atoms with Crippen LogP contribution in [-0.4, -0.2) is 45.7 Å². The minimum Gasteiger partial charge on any atom is -0.497 e. The van der Waals surface area contributed by atoms with Crippen molar-refractivity contribution in [2.24, 2.45) is 0 Å². The first-order chi connectivity index (χ1) is 14.9. The number of hydrogen-bond donors (Lipinski definition) is 0. The lowest BCUT2D eigenvalue weighted by Crippen LogP contribution is -2.33. The Morgan fingerprint density at radius 3 is 2.81 bits per heavy atom. The molecule has 162 valence electrons. The summed E-state index contributed by atoms with van der Waals surface area (Å²) < 4.78 is 6.86. The molecular weight excluding hydrogens is 434 g/mol. The van der Waals surface area contributed by atoms with E-state index in [9.17, 15) is 14.4 Å². The van der Waals surface area contributed by atoms with Gasteiger partial charge in [-0.05, 0) is 37.5 Å². The molecule has 0 aliphatic carbocycles. The van der Waals surface area contributed by atoms with Crippen LogP contribution in [0.3, 0.4) is 0 Å². The van der Waals surface area contributed by atoms with E-state index in [2.05, 4.69) is 6.92 Å². The number of fused-ring (bicyclic) bond motifs is 1. The minimum absolute atomic E-state index is 0.0403. The molecule has 9 heteroatoms. The monoisotopic (exact) mass is 457 g/mol. The van der Waals surface area contributed by atoms with Crippen molar-refractivity contribution in [3.05, 3.63) is 45.1 Å². The molecule has 0 spiro atoms. The Bertz CT molecular complexity index is 1230. The molecule has 3 aromatic rings. The highest BCUT2D eigenvalue weighted by Gasteiger charge is 2.27. The van der Waals surface area contributed by atoms with E-state index < -0.39 is 0 Å². The number of imide groups is 1. The largest absolute Gasteiger partial charge is 0.497 e. The number of rotatable bonds is 6. The van der Waals surface area contributed by atoms with Gasteiger partial charge in [0, 0.05) is 23.9 Å². The summed E-state index contributed by atoms with van der Waals surface area (Å²) in [6, 6.07) is 7.20. The second-order valence-electron chi connectivity index (χ2n) is 7.25. The molecule has 1 aliphatic heterocycles. The highest BCUT2D eigenvalue weighted by Crippen LogP contribution is 2.31. The fourth-order valence-electron chi connectivity index (χ4n) is 3.74. The van der Waals surface area contributed by atoms with Gasteiger partial charge in [0.2, 0.25) is 11.8 Å². The van der Waals surface area contributed by atoms with Crippen molar-refractivity contribution in [1.82, 2.24) is 14.5 Å². The van der Waals surface area contributed by atoms with E-state index in [1.165, 1.54) is 32.6 Å². The molecule has 31 heavy (non-hydrogen) atoms. The third-order valence-electron chi connectivity index (χ3n) is 5.36. The van der Waals surface area contributed by atoms with E-state index in [0.29, 0.717) is 46.2 Å². The average Bonchev–Trinajstić information content (AvgIpc) is 3.34. The Hall–Kier alpha value is -2.65. The molecule has 3 heterocycles. The van der Waals surface area contributed by atoms with Crippen molar-refractivity contribution in [2.45, 2.75) is 38.3 Å². The average molecular weight is 458 g/mol. The zero-order valence-corrected chi connectivity index (χ0v) is 19.3. The number of aryl methyl sites for hydroxylation is 2. The number of hydrogen-bond acceptors (Lipinski definition) is 7. The van der Waals surface area contributed by atoms with E-state index in [1.54, 1.807) is 19.2 Å². The van der Waals surface area contributed by atoms with Gasteiger partial charge in [-0.15, -0.1) is 11.3 Å². The maximum Gasteiger partial charge on any atom is 0.267 e. The Morgan fingerprint density at radius 1 is 1.32 bits per heavy atom. The maximum atomic E-state index is 13.6. The van der Waals surface area contributed by atoms with Crippen molar-refractivity contribution in [3.8, 4) is 11.4 Å². The molecule has 0 atom stereocenters. The predicted octanol–water partition coefficient (Wildman–Crippen LogP) is 3.57. The van der Waals surface area contributed by atoms with Gasteiger partial charge in [0.05, 0.1) is 23.9 Å². The number of carbonyl (C=O) groups excluding carboxylic acids is 2. The molecule has 2 aromatic heterocycles. The van der Waals surface area contributed by atoms with E-state index >= 15 is 0 Å². The molecular formula is C22H23N3O4S2. The van der Waals surface area contributed by atoms with E-state index in [1.807, 2.05) is 19.1 Å². The van der Waals surface area contributed by atoms with Crippen LogP contribution in [-0.2, 0) is 16.0 Å². The highest BCUT2D eigenvalue weighted by molar-refractivity contribution is 7.99. The molecule has 0 bridgehead atoms. The SMILES string of the molecule is CCc1sc2nc(SCC(=O)N3CCCC3=O)n(-c3cccc(OC)c3)c(=O)c2c1C. The summed E-state index contributed by atoms with van der Waals surface area (Å²) in [5.41, 5.74) is 1.40. The normalized spacial score (nSPS) is 13.9. The number of amides is 2. The molecule has 1 aliphatic rings. The summed E-state index contributed by atoms with van der Waals surface area (Å²) >= 11 is 2.69. The first-order valence-corrected chi connectivity index (χ1v) is 11.9. The summed E-state index contributed by atoms with van der Waals surface area (Å²) in [5.74, 6) is 0.269. The summed E-state index contributed by atoms with van der Waals surface area (Å²) in [5, 5.41) is 1.03. The molecule has 1 fully saturated rings. The summed E-state index contributed by atoms with van der Waals surface area (Å²) in [6.07, 6.45) is 1.93. The van der Waals surface area contributed by atoms with Crippen LogP contribution in [0.25, 0.3) is 15.9 Å². The Morgan fingerprint density at radius 2 is 2.13 bits per heavy atom. The standard InChI is InChI=1S/C22H23N3O4S2/c1-4-16-13(2)19-20(31-16)23-22(30-12-18(27)24-10-6-9-17(24)26)25(21(19)28)14-7-5-8-15(11-14)29-3/h5,7-8,11H,4,6,9-10,12H2,1-3H3. The lowest BCUT2D eigenvalue weighted by molar-refractivity contribution is -0.140. The van der Waals surface area contributed by atoms with Gasteiger partial charge in [-0.3, -0.25) is 23.9 Å². The van der Waals surface area contributed by atoms with Crippen LogP contribution in [0.15, 0.2) is 34.2 Å². The van der Waals surface area contributed by atoms with Crippen LogP contribution in [0.1, 0.15) is 30.2 Å². The van der Waals surface area contributed by atoms with Crippen molar-refractivity contribution in [1.29, 1.82) is 0 Å². The van der Waals surface area contributed by atoms with Gasteiger partial charge in [0.25, 0.3) is 5.56 Å². The van der Waals surface area contributed by atoms with Crippen LogP contribution in [0.5, 0.6) is 5.75 Å². The lowest BCUT2D eigenvalue weighted by Gasteiger charge is -2.15. The van der Waals surface area contributed by atoms with Gasteiger partial charge in [-0.2, -0.15) is 0 Å². The third-order valence-corrected chi connectivity index (χ3v) is 7.62. The van der Waals surface area contributed by atoms with Crippen LogP contribution < -0.4 is 10.3 Å². The number of ether oxygens (including phenoxy) is 1. The summed E-state index contributed by atoms with van der Waals surface area (Å²) in [4.78, 5) is 45.9. The van der Waals surface area contributed by atoms with Gasteiger partial charge in [-0.25, -0.2) is 4.98 Å². The number of aromatic nitrogens is 2. The quantitative estimate of drug-likeness (QED) is 0.416. The van der Waals surface area contributed by atoms with Crippen LogP contribution in [0, 0.1) is 6.92 Å². The van der Waals surface area contributed by atoms with E-state index in [4.69, 9.17) is 9.72 Å². The minimum atomic E-state index is -0.254. The molecule has 4 rings (SSSR count). The van der Waals surface area contributed by atoms with Gasteiger partial charge in [0.15, 0.2) is 5.16 Å². The fourth-order valence-corrected chi connectivity index (χ4v) is 5.78. The zero-order chi connectivity index (χ0) is 22.1. The third kappa shape index (κ3) is 3.99. The van der Waals surface area contributed by atoms with Crippen molar-refractivity contribution >= 4 is 45.1 Å². The van der Waals surface area contributed by atoms with Crippen molar-refractivity contribution < 1.29 is 14.3 Å². The summed E-state index contributed by atoms with van der Waals surface area (Å²) in [6.45, 7) is 4.46. The molecule has 1 saturated heterocycles. The lowest BCUT2D eigenvalue weighted by atomic mass is 10.2. The predicted molar refractivity (Wildman–Crippen MR) is 123 cm³/mol. The molecule has 1 aromatic carbocycles. The van der Waals surface area contributed by atoms with Gasteiger partial charge in [-0.1, -0.05) is 24.8 Å². The number of benzene rings is 1. The van der Waals surface area contributed by atoms with Crippen LogP contribution in [0.2, 0.25) is 0 Å². The fraction of sp³-hybridized carbons (Fsp3) is 0.364. The van der Waals surface area contributed by atoms with Crippen molar-refractivity contribution in [2.75, 3.05) is 19.4 Å². The molecule has 0 N–H and O–H groups in total. The van der Waals surface area contributed by atoms with Crippen LogP contribution in [0.4, 0.5) is 0 Å². The van der Waals surface area contributed by atoms with E-state index in [-0.39, 0.29) is 23.1 Å². The number of thiophene rings is 1. The smallest absolute Gasteiger partial charge is 0.267 e. The first kappa shape index (κ1) is 21.6. The highest BCUT2D eigenvalue weighted by atomic mass is 32.2. The number of methoxy groups -OCH3 is 1. The Labute approximate surface area is 188 Å². The maximum absolute atomic E-state index is 13.6. The van der Waals surface area contributed by atoms with Crippen LogP contribution >= 0.6 is 23.1 Å². The zero-order valence-electron chi connectivity index (χ0n) is 17.6. The second kappa shape index (κ2) is 8.84. The molecule has 0 radical (unpaired) electrons. The molecule has 2 amide bonds.